The van der Waals surface area contributed by atoms with E-state index in [1.165, 1.54) is 11.3 Å². The van der Waals surface area contributed by atoms with Gasteiger partial charge in [0.15, 0.2) is 5.13 Å². The van der Waals surface area contributed by atoms with E-state index in [9.17, 15) is 4.79 Å². The summed E-state index contributed by atoms with van der Waals surface area (Å²) in [5.74, 6) is 0.277. The minimum absolute atomic E-state index is 0.0195. The molecule has 21 heavy (non-hydrogen) atoms. The zero-order valence-corrected chi connectivity index (χ0v) is 15.0. The molecule has 1 unspecified atom stereocenters. The number of amides is 1. The quantitative estimate of drug-likeness (QED) is 0.907. The molecule has 120 valence electrons. The first-order valence-electron chi connectivity index (χ1n) is 7.34. The van der Waals surface area contributed by atoms with Crippen molar-refractivity contribution in [1.29, 1.82) is 0 Å². The predicted octanol–water partition coefficient (Wildman–Crippen LogP) is 3.08. The summed E-state index contributed by atoms with van der Waals surface area (Å²) in [4.78, 5) is 21.3. The molecule has 1 aromatic rings. The van der Waals surface area contributed by atoms with Gasteiger partial charge < -0.3 is 15.5 Å². The molecule has 6 heteroatoms. The Kier molecular flexibility index (Phi) is 5.61. The van der Waals surface area contributed by atoms with Gasteiger partial charge in [-0.1, -0.05) is 39.0 Å². The topological polar surface area (TPSA) is 62.5 Å². The van der Waals surface area contributed by atoms with E-state index >= 15 is 0 Å². The van der Waals surface area contributed by atoms with Gasteiger partial charge in [-0.2, -0.15) is 0 Å². The van der Waals surface area contributed by atoms with Gasteiger partial charge in [-0.15, -0.1) is 0 Å². The summed E-state index contributed by atoms with van der Waals surface area (Å²) in [6.07, 6.45) is 1.03. The van der Waals surface area contributed by atoms with E-state index < -0.39 is 0 Å². The lowest BCUT2D eigenvalue weighted by Crippen LogP contribution is -2.42. The summed E-state index contributed by atoms with van der Waals surface area (Å²) in [6.45, 7) is 11.4. The number of nitrogens with zero attached hydrogens (tertiary/aromatic N) is 3. The summed E-state index contributed by atoms with van der Waals surface area (Å²) in [5.41, 5.74) is 5.97. The number of rotatable bonds is 5. The number of anilines is 2. The molecular formula is C15H28N4OS. The van der Waals surface area contributed by atoms with Gasteiger partial charge in [-0.3, -0.25) is 4.79 Å². The fraction of sp³-hybridized carbons (Fsp3) is 0.733. The first-order valence-corrected chi connectivity index (χ1v) is 8.15. The number of carbonyl (C=O) groups excluding carboxylic acids is 1. The Balaban J connectivity index is 2.98. The van der Waals surface area contributed by atoms with Crippen molar-refractivity contribution in [3.05, 3.63) is 4.88 Å². The lowest BCUT2D eigenvalue weighted by Gasteiger charge is -2.35. The molecule has 5 nitrogen and oxygen atoms in total. The normalized spacial score (nSPS) is 13.1. The number of carbonyl (C=O) groups is 1. The van der Waals surface area contributed by atoms with E-state index in [1.807, 2.05) is 19.0 Å². The molecule has 2 N–H and O–H groups in total. The van der Waals surface area contributed by atoms with Crippen molar-refractivity contribution >= 4 is 28.2 Å². The van der Waals surface area contributed by atoms with E-state index in [4.69, 9.17) is 5.73 Å². The van der Waals surface area contributed by atoms with E-state index in [0.29, 0.717) is 10.7 Å². The Morgan fingerprint density at radius 2 is 1.95 bits per heavy atom. The molecule has 0 spiro atoms. The molecule has 0 aliphatic rings. The van der Waals surface area contributed by atoms with Crippen LogP contribution in [0.4, 0.5) is 10.9 Å². The number of nitrogen functional groups attached to an aromatic ring is 1. The summed E-state index contributed by atoms with van der Waals surface area (Å²) < 4.78 is 0. The van der Waals surface area contributed by atoms with Gasteiger partial charge in [0.25, 0.3) is 5.91 Å². The smallest absolute Gasteiger partial charge is 0.267 e. The maximum atomic E-state index is 12.6. The third-order valence-electron chi connectivity index (χ3n) is 3.88. The van der Waals surface area contributed by atoms with Crippen molar-refractivity contribution in [3.63, 3.8) is 0 Å². The average molecular weight is 312 g/mol. The Labute approximate surface area is 132 Å². The number of aromatic nitrogens is 1. The second-order valence-electron chi connectivity index (χ2n) is 6.59. The summed E-state index contributed by atoms with van der Waals surface area (Å²) in [5, 5.41) is 0.800. The summed E-state index contributed by atoms with van der Waals surface area (Å²) >= 11 is 1.37. The zero-order chi connectivity index (χ0) is 16.4. The Morgan fingerprint density at radius 1 is 1.38 bits per heavy atom. The van der Waals surface area contributed by atoms with Crippen LogP contribution in [0.5, 0.6) is 0 Å². The molecule has 0 bridgehead atoms. The molecule has 0 aliphatic carbocycles. The number of nitrogens with two attached hydrogens (primary N) is 1. The molecule has 1 rings (SSSR count). The third-order valence-corrected chi connectivity index (χ3v) is 5.05. The maximum absolute atomic E-state index is 12.6. The highest BCUT2D eigenvalue weighted by molar-refractivity contribution is 7.18. The molecule has 1 aromatic heterocycles. The number of thiazole rings is 1. The molecule has 0 fully saturated rings. The second kappa shape index (κ2) is 6.64. The largest absolute Gasteiger partial charge is 0.382 e. The molecule has 0 saturated carbocycles. The average Bonchev–Trinajstić information content (AvgIpc) is 2.77. The van der Waals surface area contributed by atoms with Crippen LogP contribution < -0.4 is 10.6 Å². The molecule has 1 atom stereocenters. The highest BCUT2D eigenvalue weighted by atomic mass is 32.1. The van der Waals surface area contributed by atoms with Crippen LogP contribution >= 0.6 is 11.3 Å². The van der Waals surface area contributed by atoms with Crippen LogP contribution in [0.15, 0.2) is 0 Å². The highest BCUT2D eigenvalue weighted by Gasteiger charge is 2.30. The standard InChI is InChI=1S/C15H28N4OS/c1-8-9-18(6)14-17-12(16)11(21-14)13(20)19(7)10(2)15(3,4)5/h10H,8-9,16H2,1-7H3. The van der Waals surface area contributed by atoms with Gasteiger partial charge in [0.2, 0.25) is 0 Å². The van der Waals surface area contributed by atoms with Gasteiger partial charge in [0.1, 0.15) is 10.7 Å². The van der Waals surface area contributed by atoms with E-state index in [0.717, 1.165) is 18.1 Å². The molecule has 0 aliphatic heterocycles. The fourth-order valence-corrected chi connectivity index (χ4v) is 2.94. The van der Waals surface area contributed by atoms with Crippen molar-refractivity contribution in [2.45, 2.75) is 47.1 Å². The van der Waals surface area contributed by atoms with Crippen molar-refractivity contribution < 1.29 is 4.79 Å². The molecule has 1 heterocycles. The van der Waals surface area contributed by atoms with Crippen LogP contribution in [0.2, 0.25) is 0 Å². The first kappa shape index (κ1) is 17.8. The lowest BCUT2D eigenvalue weighted by atomic mass is 9.87. The number of hydrogen-bond acceptors (Lipinski definition) is 5. The fourth-order valence-electron chi connectivity index (χ4n) is 1.98. The van der Waals surface area contributed by atoms with Crippen LogP contribution in [0, 0.1) is 5.41 Å². The Hall–Kier alpha value is -1.30. The molecular weight excluding hydrogens is 284 g/mol. The van der Waals surface area contributed by atoms with Gasteiger partial charge in [0.05, 0.1) is 0 Å². The van der Waals surface area contributed by atoms with E-state index in [2.05, 4.69) is 39.6 Å². The SMILES string of the molecule is CCCN(C)c1nc(N)c(C(=O)N(C)C(C)C(C)(C)C)s1. The molecule has 0 aromatic carbocycles. The van der Waals surface area contributed by atoms with Crippen LogP contribution in [0.1, 0.15) is 50.7 Å². The van der Waals surface area contributed by atoms with Crippen LogP contribution in [-0.4, -0.2) is 42.5 Å². The van der Waals surface area contributed by atoms with Crippen LogP contribution in [-0.2, 0) is 0 Å². The minimum Gasteiger partial charge on any atom is -0.382 e. The highest BCUT2D eigenvalue weighted by Crippen LogP contribution is 2.31. The van der Waals surface area contributed by atoms with Gasteiger partial charge in [-0.25, -0.2) is 4.98 Å². The van der Waals surface area contributed by atoms with E-state index in [-0.39, 0.29) is 17.4 Å². The second-order valence-corrected chi connectivity index (χ2v) is 7.57. The van der Waals surface area contributed by atoms with Crippen molar-refractivity contribution in [2.75, 3.05) is 31.3 Å². The molecule has 1 amide bonds. The van der Waals surface area contributed by atoms with Gasteiger partial charge >= 0.3 is 0 Å². The minimum atomic E-state index is -0.0522. The Morgan fingerprint density at radius 3 is 2.43 bits per heavy atom. The predicted molar refractivity (Wildman–Crippen MR) is 91.1 cm³/mol. The van der Waals surface area contributed by atoms with Crippen molar-refractivity contribution in [1.82, 2.24) is 9.88 Å². The van der Waals surface area contributed by atoms with Crippen LogP contribution in [0.25, 0.3) is 0 Å². The van der Waals surface area contributed by atoms with Crippen molar-refractivity contribution in [3.8, 4) is 0 Å². The van der Waals surface area contributed by atoms with Crippen molar-refractivity contribution in [2.24, 2.45) is 5.41 Å². The third kappa shape index (κ3) is 4.09. The summed E-state index contributed by atoms with van der Waals surface area (Å²) in [7, 11) is 3.80. The lowest BCUT2D eigenvalue weighted by molar-refractivity contribution is 0.0635. The maximum Gasteiger partial charge on any atom is 0.267 e. The summed E-state index contributed by atoms with van der Waals surface area (Å²) in [6, 6.07) is 0.114. The Bertz CT molecular complexity index is 492. The molecule has 0 radical (unpaired) electrons. The zero-order valence-electron chi connectivity index (χ0n) is 14.2. The van der Waals surface area contributed by atoms with Gasteiger partial charge in [-0.05, 0) is 18.8 Å². The monoisotopic (exact) mass is 312 g/mol. The van der Waals surface area contributed by atoms with E-state index in [1.54, 1.807) is 4.90 Å². The van der Waals surface area contributed by atoms with Crippen LogP contribution in [0.3, 0.4) is 0 Å². The first-order chi connectivity index (χ1) is 9.59. The number of hydrogen-bond donors (Lipinski definition) is 1. The van der Waals surface area contributed by atoms with Gasteiger partial charge in [0, 0.05) is 26.7 Å². The molecule has 0 saturated heterocycles.